The lowest BCUT2D eigenvalue weighted by Gasteiger charge is -2.37. The van der Waals surface area contributed by atoms with Crippen molar-refractivity contribution < 1.29 is 13.5 Å². The molecule has 4 rings (SSSR count). The molecule has 4 aliphatic rings. The molecule has 5 heteroatoms. The first-order chi connectivity index (χ1) is 9.80. The second-order valence-electron chi connectivity index (χ2n) is 8.43. The van der Waals surface area contributed by atoms with Gasteiger partial charge in [-0.1, -0.05) is 6.92 Å². The Labute approximate surface area is 127 Å². The SMILES string of the molecule is C[C@]12CN(CC3(O)CCS(=O)(=O)CC3)CC1[C@@H]1CC[C@H]2C1. The molecule has 21 heavy (non-hydrogen) atoms. The Balaban J connectivity index is 1.43. The van der Waals surface area contributed by atoms with Crippen LogP contribution in [-0.4, -0.2) is 55.2 Å². The molecule has 1 unspecified atom stereocenters. The van der Waals surface area contributed by atoms with Gasteiger partial charge in [0.15, 0.2) is 9.84 Å². The minimum atomic E-state index is -2.90. The third-order valence-electron chi connectivity index (χ3n) is 7.12. The summed E-state index contributed by atoms with van der Waals surface area (Å²) in [6.45, 7) is 5.35. The van der Waals surface area contributed by atoms with E-state index in [2.05, 4.69) is 11.8 Å². The predicted molar refractivity (Wildman–Crippen MR) is 81.7 cm³/mol. The highest BCUT2D eigenvalue weighted by molar-refractivity contribution is 7.91. The molecule has 0 aromatic rings. The Hall–Kier alpha value is -0.130. The molecule has 4 fully saturated rings. The van der Waals surface area contributed by atoms with E-state index in [1.54, 1.807) is 0 Å². The zero-order valence-electron chi connectivity index (χ0n) is 12.9. The molecule has 4 nitrogen and oxygen atoms in total. The van der Waals surface area contributed by atoms with Gasteiger partial charge in [-0.05, 0) is 55.3 Å². The van der Waals surface area contributed by atoms with Crippen LogP contribution >= 0.6 is 0 Å². The number of sulfone groups is 1. The van der Waals surface area contributed by atoms with Gasteiger partial charge >= 0.3 is 0 Å². The highest BCUT2D eigenvalue weighted by atomic mass is 32.2. The highest BCUT2D eigenvalue weighted by Crippen LogP contribution is 2.62. The van der Waals surface area contributed by atoms with Crippen LogP contribution in [0.4, 0.5) is 0 Å². The molecular weight excluding hydrogens is 286 g/mol. The lowest BCUT2D eigenvalue weighted by Crippen LogP contribution is -2.48. The minimum absolute atomic E-state index is 0.156. The summed E-state index contributed by atoms with van der Waals surface area (Å²) in [6, 6.07) is 0. The Kier molecular flexibility index (Phi) is 3.07. The van der Waals surface area contributed by atoms with Crippen LogP contribution in [0.25, 0.3) is 0 Å². The van der Waals surface area contributed by atoms with E-state index in [1.165, 1.54) is 19.3 Å². The van der Waals surface area contributed by atoms with Crippen LogP contribution in [0, 0.1) is 23.2 Å². The van der Waals surface area contributed by atoms with Crippen LogP contribution in [-0.2, 0) is 9.84 Å². The standard InChI is InChI=1S/C16H27NO3S/c1-15-10-17(9-14(15)12-2-3-13(15)8-12)11-16(18)4-6-21(19,20)7-5-16/h12-14,18H,2-11H2,1H3/t12-,13+,14?,15-/m1/s1. The summed E-state index contributed by atoms with van der Waals surface area (Å²) in [5, 5.41) is 10.8. The summed E-state index contributed by atoms with van der Waals surface area (Å²) in [7, 11) is -2.90. The fourth-order valence-electron chi connectivity index (χ4n) is 5.86. The Morgan fingerprint density at radius 1 is 1.24 bits per heavy atom. The normalized spacial score (nSPS) is 47.6. The van der Waals surface area contributed by atoms with E-state index in [1.807, 2.05) is 0 Å². The second-order valence-corrected chi connectivity index (χ2v) is 10.7. The molecule has 4 atom stereocenters. The molecule has 0 radical (unpaired) electrons. The van der Waals surface area contributed by atoms with Crippen molar-refractivity contribution in [1.29, 1.82) is 0 Å². The van der Waals surface area contributed by atoms with Gasteiger partial charge in [-0.25, -0.2) is 8.42 Å². The van der Waals surface area contributed by atoms with E-state index in [9.17, 15) is 13.5 Å². The fraction of sp³-hybridized carbons (Fsp3) is 1.00. The number of aliphatic hydroxyl groups is 1. The lowest BCUT2D eigenvalue weighted by atomic mass is 9.70. The average molecular weight is 313 g/mol. The summed E-state index contributed by atoms with van der Waals surface area (Å²) in [4.78, 5) is 2.44. The van der Waals surface area contributed by atoms with Gasteiger partial charge in [-0.15, -0.1) is 0 Å². The molecule has 0 aromatic carbocycles. The molecule has 120 valence electrons. The zero-order chi connectivity index (χ0) is 14.9. The summed E-state index contributed by atoms with van der Waals surface area (Å²) >= 11 is 0. The number of rotatable bonds is 2. The third-order valence-corrected chi connectivity index (χ3v) is 8.77. The van der Waals surface area contributed by atoms with E-state index in [0.717, 1.165) is 30.8 Å². The van der Waals surface area contributed by atoms with E-state index in [-0.39, 0.29) is 11.5 Å². The van der Waals surface area contributed by atoms with Crippen molar-refractivity contribution in [1.82, 2.24) is 4.90 Å². The number of hydrogen-bond donors (Lipinski definition) is 1. The molecule has 2 aliphatic carbocycles. The Morgan fingerprint density at radius 2 is 1.95 bits per heavy atom. The van der Waals surface area contributed by atoms with Gasteiger partial charge in [-0.2, -0.15) is 0 Å². The van der Waals surface area contributed by atoms with Crippen LogP contribution in [0.2, 0.25) is 0 Å². The van der Waals surface area contributed by atoms with Gasteiger partial charge in [0.05, 0.1) is 17.1 Å². The van der Waals surface area contributed by atoms with Gasteiger partial charge in [0.2, 0.25) is 0 Å². The molecule has 0 aromatic heterocycles. The lowest BCUT2D eigenvalue weighted by molar-refractivity contribution is -0.00307. The van der Waals surface area contributed by atoms with Crippen LogP contribution in [0.5, 0.6) is 0 Å². The molecule has 1 N–H and O–H groups in total. The molecule has 2 bridgehead atoms. The number of nitrogens with zero attached hydrogens (tertiary/aromatic N) is 1. The van der Waals surface area contributed by atoms with Crippen LogP contribution in [0.3, 0.4) is 0 Å². The van der Waals surface area contributed by atoms with Crippen molar-refractivity contribution in [3.05, 3.63) is 0 Å². The first kappa shape index (κ1) is 14.5. The first-order valence-corrected chi connectivity index (χ1v) is 10.3. The van der Waals surface area contributed by atoms with Crippen LogP contribution in [0.1, 0.15) is 39.0 Å². The average Bonchev–Trinajstić information content (AvgIpc) is 3.04. The number of β-amino-alcohol motifs (C(OH)–C–C–N with tert-alkyl or cyclic N) is 1. The molecule has 2 aliphatic heterocycles. The van der Waals surface area contributed by atoms with Crippen LogP contribution < -0.4 is 0 Å². The van der Waals surface area contributed by atoms with Gasteiger partial charge in [0.25, 0.3) is 0 Å². The van der Waals surface area contributed by atoms with Crippen molar-refractivity contribution in [2.75, 3.05) is 31.1 Å². The number of fused-ring (bicyclic) bond motifs is 5. The second kappa shape index (κ2) is 4.45. The quantitative estimate of drug-likeness (QED) is 0.835. The molecule has 2 saturated carbocycles. The highest BCUT2D eigenvalue weighted by Gasteiger charge is 2.59. The van der Waals surface area contributed by atoms with Crippen molar-refractivity contribution in [3.8, 4) is 0 Å². The zero-order valence-corrected chi connectivity index (χ0v) is 13.7. The summed E-state index contributed by atoms with van der Waals surface area (Å²) in [6.07, 6.45) is 5.06. The smallest absolute Gasteiger partial charge is 0.150 e. The van der Waals surface area contributed by atoms with Crippen molar-refractivity contribution in [3.63, 3.8) is 0 Å². The van der Waals surface area contributed by atoms with Gasteiger partial charge < -0.3 is 5.11 Å². The van der Waals surface area contributed by atoms with Crippen molar-refractivity contribution >= 4 is 9.84 Å². The van der Waals surface area contributed by atoms with E-state index in [0.29, 0.717) is 24.8 Å². The van der Waals surface area contributed by atoms with Gasteiger partial charge in [-0.3, -0.25) is 4.90 Å². The molecule has 0 amide bonds. The maximum atomic E-state index is 11.6. The number of likely N-dealkylation sites (tertiary alicyclic amines) is 1. The first-order valence-electron chi connectivity index (χ1n) is 8.45. The summed E-state index contributed by atoms with van der Waals surface area (Å²) < 4.78 is 23.1. The minimum Gasteiger partial charge on any atom is -0.388 e. The van der Waals surface area contributed by atoms with Gasteiger partial charge in [0, 0.05) is 19.6 Å². The Bertz CT molecular complexity index is 532. The molecule has 2 saturated heterocycles. The third kappa shape index (κ3) is 2.27. The van der Waals surface area contributed by atoms with E-state index >= 15 is 0 Å². The molecular formula is C16H27NO3S. The largest absolute Gasteiger partial charge is 0.388 e. The van der Waals surface area contributed by atoms with E-state index in [4.69, 9.17) is 0 Å². The Morgan fingerprint density at radius 3 is 2.62 bits per heavy atom. The van der Waals surface area contributed by atoms with Crippen molar-refractivity contribution in [2.45, 2.75) is 44.6 Å². The molecule has 0 spiro atoms. The summed E-state index contributed by atoms with van der Waals surface area (Å²) in [5.41, 5.74) is -0.320. The molecule has 2 heterocycles. The van der Waals surface area contributed by atoms with E-state index < -0.39 is 15.4 Å². The van der Waals surface area contributed by atoms with Crippen LogP contribution in [0.15, 0.2) is 0 Å². The topological polar surface area (TPSA) is 57.6 Å². The maximum Gasteiger partial charge on any atom is 0.150 e. The maximum absolute atomic E-state index is 11.6. The fourth-order valence-corrected chi connectivity index (χ4v) is 7.45. The van der Waals surface area contributed by atoms with Crippen molar-refractivity contribution in [2.24, 2.45) is 23.2 Å². The monoisotopic (exact) mass is 313 g/mol. The predicted octanol–water partition coefficient (Wildman–Crippen LogP) is 1.29. The van der Waals surface area contributed by atoms with Gasteiger partial charge in [0.1, 0.15) is 0 Å². The summed E-state index contributed by atoms with van der Waals surface area (Å²) in [5.74, 6) is 2.92. The number of hydrogen-bond acceptors (Lipinski definition) is 4.